The Labute approximate surface area is 197 Å². The lowest BCUT2D eigenvalue weighted by Crippen LogP contribution is -2.42. The van der Waals surface area contributed by atoms with Crippen LogP contribution in [0.15, 0.2) is 17.1 Å². The third-order valence-corrected chi connectivity index (χ3v) is 6.66. The van der Waals surface area contributed by atoms with E-state index in [1.165, 1.54) is 0 Å². The molecule has 0 bridgehead atoms. The summed E-state index contributed by atoms with van der Waals surface area (Å²) in [7, 11) is -5.16. The minimum Gasteiger partial charge on any atom is -0.393 e. The molecule has 0 amide bonds. The first-order chi connectivity index (χ1) is 18.4. The van der Waals surface area contributed by atoms with E-state index in [0.717, 1.165) is 10.8 Å². The number of pyridine rings is 1. The van der Waals surface area contributed by atoms with Crippen LogP contribution in [-0.2, 0) is 10.0 Å². The number of alkyl halides is 2. The Hall–Kier alpha value is -2.18. The van der Waals surface area contributed by atoms with E-state index >= 15 is 0 Å². The maximum absolute atomic E-state index is 14.0. The van der Waals surface area contributed by atoms with E-state index in [-0.39, 0.29) is 28.2 Å². The molecule has 0 unspecified atom stereocenters. The molecule has 2 fully saturated rings. The van der Waals surface area contributed by atoms with Crippen LogP contribution >= 0.6 is 0 Å². The molecule has 0 spiro atoms. The maximum atomic E-state index is 14.0. The topological polar surface area (TPSA) is 117 Å². The van der Waals surface area contributed by atoms with Gasteiger partial charge in [-0.2, -0.15) is 4.98 Å². The highest BCUT2D eigenvalue weighted by Crippen LogP contribution is 2.37. The summed E-state index contributed by atoms with van der Waals surface area (Å²) in [4.78, 5) is 21.2. The smallest absolute Gasteiger partial charge is 0.269 e. The fraction of sp³-hybridized carbons (Fsp3) is 0.650. The van der Waals surface area contributed by atoms with E-state index in [4.69, 9.17) is 12.3 Å². The van der Waals surface area contributed by atoms with Crippen molar-refractivity contribution in [2.24, 2.45) is 5.92 Å². The number of hydrogen-bond acceptors (Lipinski definition) is 7. The minimum atomic E-state index is -5.16. The molecule has 12 heteroatoms. The van der Waals surface area contributed by atoms with Crippen molar-refractivity contribution in [1.29, 1.82) is 0 Å². The molecule has 32 heavy (non-hydrogen) atoms. The van der Waals surface area contributed by atoms with E-state index in [1.807, 2.05) is 0 Å². The number of halogens is 2. The Morgan fingerprint density at radius 2 is 2.12 bits per heavy atom. The van der Waals surface area contributed by atoms with Crippen molar-refractivity contribution < 1.29 is 34.6 Å². The van der Waals surface area contributed by atoms with E-state index in [9.17, 15) is 27.1 Å². The molecule has 3 atom stereocenters. The summed E-state index contributed by atoms with van der Waals surface area (Å²) in [5, 5.41) is 12.3. The van der Waals surface area contributed by atoms with Crippen molar-refractivity contribution in [2.75, 3.05) is 24.6 Å². The molecule has 2 aromatic heterocycles. The first-order valence-corrected chi connectivity index (χ1v) is 11.2. The van der Waals surface area contributed by atoms with Gasteiger partial charge in [0.1, 0.15) is 7.02 Å². The van der Waals surface area contributed by atoms with E-state index in [1.54, 1.807) is 6.92 Å². The molecule has 4 rings (SSSR count). The van der Waals surface area contributed by atoms with Gasteiger partial charge in [-0.05, 0) is 31.7 Å². The highest BCUT2D eigenvalue weighted by Gasteiger charge is 2.35. The molecule has 9 nitrogen and oxygen atoms in total. The first kappa shape index (κ1) is 14.2. The predicted molar refractivity (Wildman–Crippen MR) is 115 cm³/mol. The van der Waals surface area contributed by atoms with Gasteiger partial charge in [-0.25, -0.2) is 26.5 Å². The molecular weight excluding hydrogens is 444 g/mol. The number of sulfonamides is 1. The third kappa shape index (κ3) is 4.35. The van der Waals surface area contributed by atoms with Gasteiger partial charge in [0.2, 0.25) is 16.0 Å². The number of aliphatic hydroxyl groups is 1. The summed E-state index contributed by atoms with van der Waals surface area (Å²) in [5.41, 5.74) is -2.70. The number of rotatable bonds is 5. The van der Waals surface area contributed by atoms with Crippen LogP contribution in [0.1, 0.15) is 62.9 Å². The van der Waals surface area contributed by atoms with Gasteiger partial charge in [-0.3, -0.25) is 9.36 Å². The second kappa shape index (κ2) is 8.64. The standard InChI is InChI=1S/C20H27F2N5O4S/c1-11-15(3-4-16(11)28)27-18-12(9-14(17(21)22)19(27)29)10-23-20(25-18)24-13-5-7-26(8-6-13)32(2,30)31/h9-11,13,15-17,28H,3-8H2,1-2H3,(H,23,24,25)/t11-,15+,16+/m0/s1/i2D3,5D2,6D2,13D,17D. The number of nitrogens with zero attached hydrogens (tertiary/aromatic N) is 4. The maximum Gasteiger partial charge on any atom is 0.269 e. The number of fused-ring (bicyclic) bond motifs is 1. The van der Waals surface area contributed by atoms with Gasteiger partial charge in [0.15, 0.2) is 0 Å². The second-order valence-electron chi connectivity index (χ2n) is 7.66. The Morgan fingerprint density at radius 3 is 2.72 bits per heavy atom. The van der Waals surface area contributed by atoms with Crippen LogP contribution in [0.3, 0.4) is 0 Å². The number of aliphatic hydroxyl groups excluding tert-OH is 1. The van der Waals surface area contributed by atoms with Crippen LogP contribution < -0.4 is 10.9 Å². The SMILES string of the molecule is [2H]C(F)(F)c1cc2cnc(NC3([2H])C([2H])([2H])CN(S(=O)(=O)C([2H])([2H])[2H])CC3([2H])[2H])nc2n([C@@H]2CC[C@@H](O)[C@H]2C)c1=O. The summed E-state index contributed by atoms with van der Waals surface area (Å²) in [5.74, 6) is -1.20. The van der Waals surface area contributed by atoms with E-state index in [2.05, 4.69) is 15.3 Å². The lowest BCUT2D eigenvalue weighted by Gasteiger charge is -2.30. The van der Waals surface area contributed by atoms with Crippen molar-refractivity contribution >= 4 is 27.0 Å². The molecule has 0 aromatic carbocycles. The molecule has 1 saturated heterocycles. The number of aromatic nitrogens is 3. The van der Waals surface area contributed by atoms with Crippen molar-refractivity contribution in [1.82, 2.24) is 18.8 Å². The molecule has 2 aromatic rings. The average Bonchev–Trinajstić information content (AvgIpc) is 3.13. The molecule has 2 aliphatic rings. The number of anilines is 1. The molecule has 1 aliphatic carbocycles. The lowest BCUT2D eigenvalue weighted by molar-refractivity contribution is 0.127. The van der Waals surface area contributed by atoms with Crippen molar-refractivity contribution in [3.63, 3.8) is 0 Å². The number of piperidine rings is 1. The summed E-state index contributed by atoms with van der Waals surface area (Å²) < 4.78 is 125. The van der Waals surface area contributed by atoms with Crippen LogP contribution in [0.2, 0.25) is 0 Å². The zero-order valence-electron chi connectivity index (χ0n) is 25.8. The van der Waals surface area contributed by atoms with Crippen LogP contribution in [-0.4, -0.2) is 63.8 Å². The van der Waals surface area contributed by atoms with Gasteiger partial charge in [-0.1, -0.05) is 6.92 Å². The zero-order chi connectivity index (χ0) is 31.1. The average molecular weight is 481 g/mol. The third-order valence-electron chi connectivity index (χ3n) is 5.72. The van der Waals surface area contributed by atoms with E-state index in [0.29, 0.717) is 6.07 Å². The number of hydrogen-bond donors (Lipinski definition) is 2. The number of nitrogens with one attached hydrogen (secondary N) is 1. The molecule has 1 aliphatic heterocycles. The van der Waals surface area contributed by atoms with Gasteiger partial charge in [-0.15, -0.1) is 0 Å². The van der Waals surface area contributed by atoms with Crippen LogP contribution in [0.25, 0.3) is 11.0 Å². The van der Waals surface area contributed by atoms with E-state index < -0.39 is 89.6 Å². The molecular formula is C20H27F2N5O4S. The summed E-state index contributed by atoms with van der Waals surface area (Å²) in [6, 6.07) is -3.13. The quantitative estimate of drug-likeness (QED) is 0.671. The Morgan fingerprint density at radius 1 is 1.41 bits per heavy atom. The molecule has 176 valence electrons. The van der Waals surface area contributed by atoms with Gasteiger partial charge in [0.25, 0.3) is 12.0 Å². The van der Waals surface area contributed by atoms with Gasteiger partial charge < -0.3 is 10.4 Å². The minimum absolute atomic E-state index is 0.114. The highest BCUT2D eigenvalue weighted by atomic mass is 32.2. The van der Waals surface area contributed by atoms with Crippen LogP contribution in [0.4, 0.5) is 14.7 Å². The lowest BCUT2D eigenvalue weighted by atomic mass is 10.0. The highest BCUT2D eigenvalue weighted by molar-refractivity contribution is 7.88. The van der Waals surface area contributed by atoms with Gasteiger partial charge >= 0.3 is 0 Å². The Bertz CT molecular complexity index is 1520. The fourth-order valence-electron chi connectivity index (χ4n) is 3.93. The molecule has 3 heterocycles. The fourth-order valence-corrected chi connectivity index (χ4v) is 4.40. The Balaban J connectivity index is 1.83. The summed E-state index contributed by atoms with van der Waals surface area (Å²) in [6.45, 7) is -0.821. The summed E-state index contributed by atoms with van der Waals surface area (Å²) >= 11 is 0. The Kier molecular flexibility index (Phi) is 3.82. The van der Waals surface area contributed by atoms with Crippen molar-refractivity contribution in [3.05, 3.63) is 28.2 Å². The normalized spacial score (nSPS) is 34.6. The molecule has 1 saturated carbocycles. The first-order valence-electron chi connectivity index (χ1n) is 14.2. The second-order valence-corrected chi connectivity index (χ2v) is 9.13. The van der Waals surface area contributed by atoms with Gasteiger partial charge in [0.05, 0.1) is 19.2 Å². The van der Waals surface area contributed by atoms with Crippen LogP contribution in [0.5, 0.6) is 0 Å². The van der Waals surface area contributed by atoms with Gasteiger partial charge in [0, 0.05) is 52.2 Å². The molecule has 2 N–H and O–H groups in total. The predicted octanol–water partition coefficient (Wildman–Crippen LogP) is 1.90. The largest absolute Gasteiger partial charge is 0.393 e. The van der Waals surface area contributed by atoms with Crippen molar-refractivity contribution in [2.45, 2.75) is 57.1 Å². The van der Waals surface area contributed by atoms with Crippen molar-refractivity contribution in [3.8, 4) is 0 Å². The summed E-state index contributed by atoms with van der Waals surface area (Å²) in [6.07, 6.45) is -13.5. The monoisotopic (exact) mass is 480 g/mol. The van der Waals surface area contributed by atoms with Crippen LogP contribution in [0, 0.1) is 5.92 Å². The molecule has 0 radical (unpaired) electrons. The zero-order valence-corrected chi connectivity index (χ0v) is 17.7.